The number of fused-ring (bicyclic) bond motifs is 1. The number of pyridine rings is 1. The van der Waals surface area contributed by atoms with Crippen LogP contribution in [0.1, 0.15) is 12.8 Å². The first kappa shape index (κ1) is 17.6. The largest absolute Gasteiger partial charge is 0.384 e. The summed E-state index contributed by atoms with van der Waals surface area (Å²) in [6, 6.07) is 3.58. The molecule has 0 unspecified atom stereocenters. The van der Waals surface area contributed by atoms with Gasteiger partial charge in [-0.2, -0.15) is 5.10 Å². The van der Waals surface area contributed by atoms with Crippen LogP contribution in [0, 0.1) is 0 Å². The van der Waals surface area contributed by atoms with Crippen molar-refractivity contribution in [2.45, 2.75) is 18.9 Å². The number of nitrogens with zero attached hydrogens (tertiary/aromatic N) is 6. The number of nitrogen functional groups attached to an aromatic ring is 1. The van der Waals surface area contributed by atoms with Crippen molar-refractivity contribution in [3.8, 4) is 22.8 Å². The molecule has 0 bridgehead atoms. The fourth-order valence-corrected chi connectivity index (χ4v) is 3.66. The van der Waals surface area contributed by atoms with Gasteiger partial charge in [-0.3, -0.25) is 5.10 Å². The third-order valence-corrected chi connectivity index (χ3v) is 5.21. The summed E-state index contributed by atoms with van der Waals surface area (Å²) in [4.78, 5) is 23.9. The summed E-state index contributed by atoms with van der Waals surface area (Å²) in [6.07, 6.45) is 7.46. The van der Waals surface area contributed by atoms with E-state index in [9.17, 15) is 0 Å². The summed E-state index contributed by atoms with van der Waals surface area (Å²) in [7, 11) is 1.76. The number of aromatic amines is 2. The van der Waals surface area contributed by atoms with Crippen molar-refractivity contribution >= 4 is 22.8 Å². The second-order valence-corrected chi connectivity index (χ2v) is 7.03. The Labute approximate surface area is 166 Å². The molecular formula is C19H21N9O. The summed E-state index contributed by atoms with van der Waals surface area (Å²) >= 11 is 0. The van der Waals surface area contributed by atoms with Crippen molar-refractivity contribution < 1.29 is 4.74 Å². The van der Waals surface area contributed by atoms with Crippen LogP contribution in [-0.4, -0.2) is 61.4 Å². The fourth-order valence-electron chi connectivity index (χ4n) is 3.66. The number of H-pyrrole nitrogens is 2. The Hall–Kier alpha value is -3.53. The number of anilines is 2. The maximum Gasteiger partial charge on any atom is 0.225 e. The number of nitrogens with two attached hydrogens (primary N) is 1. The average Bonchev–Trinajstić information content (AvgIpc) is 3.43. The van der Waals surface area contributed by atoms with Crippen molar-refractivity contribution in [3.05, 3.63) is 30.7 Å². The minimum atomic E-state index is 0.302. The number of hydrogen-bond donors (Lipinski definition) is 3. The molecule has 4 N–H and O–H groups in total. The number of aromatic nitrogens is 7. The molecule has 10 heteroatoms. The lowest BCUT2D eigenvalue weighted by molar-refractivity contribution is 0.0816. The van der Waals surface area contributed by atoms with Crippen molar-refractivity contribution in [2.24, 2.45) is 0 Å². The molecule has 1 fully saturated rings. The van der Waals surface area contributed by atoms with E-state index in [2.05, 4.69) is 35.0 Å². The van der Waals surface area contributed by atoms with Crippen molar-refractivity contribution in [1.29, 1.82) is 0 Å². The Morgan fingerprint density at radius 2 is 2.07 bits per heavy atom. The third-order valence-electron chi connectivity index (χ3n) is 5.21. The van der Waals surface area contributed by atoms with Gasteiger partial charge in [-0.1, -0.05) is 0 Å². The lowest BCUT2D eigenvalue weighted by Crippen LogP contribution is -2.37. The van der Waals surface area contributed by atoms with Crippen LogP contribution in [-0.2, 0) is 4.74 Å². The smallest absolute Gasteiger partial charge is 0.225 e. The first-order chi connectivity index (χ1) is 14.2. The highest BCUT2D eigenvalue weighted by Crippen LogP contribution is 2.29. The molecule has 0 aromatic carbocycles. The molecule has 4 aromatic heterocycles. The van der Waals surface area contributed by atoms with Gasteiger partial charge in [0.05, 0.1) is 34.6 Å². The molecule has 0 radical (unpaired) electrons. The second kappa shape index (κ2) is 7.13. The molecule has 0 saturated carbocycles. The SMILES string of the molecule is COC1CCN(c2nccc(-c3nc(N)cc4nc(-c5cn[nH]c5)[nH]c34)n2)CC1. The molecule has 29 heavy (non-hydrogen) atoms. The minimum Gasteiger partial charge on any atom is -0.384 e. The first-order valence-electron chi connectivity index (χ1n) is 9.48. The topological polar surface area (TPSA) is 135 Å². The molecule has 0 atom stereocenters. The Bertz CT molecular complexity index is 1130. The zero-order chi connectivity index (χ0) is 19.8. The molecule has 1 aliphatic heterocycles. The van der Waals surface area contributed by atoms with Crippen molar-refractivity contribution in [3.63, 3.8) is 0 Å². The molecule has 0 amide bonds. The summed E-state index contributed by atoms with van der Waals surface area (Å²) < 4.78 is 5.45. The lowest BCUT2D eigenvalue weighted by Gasteiger charge is -2.31. The fraction of sp³-hybridized carbons (Fsp3) is 0.316. The molecule has 1 saturated heterocycles. The van der Waals surface area contributed by atoms with E-state index in [0.717, 1.165) is 42.5 Å². The highest BCUT2D eigenvalue weighted by Gasteiger charge is 2.22. The quantitative estimate of drug-likeness (QED) is 0.481. The van der Waals surface area contributed by atoms with E-state index in [4.69, 9.17) is 15.5 Å². The zero-order valence-corrected chi connectivity index (χ0v) is 16.0. The van der Waals surface area contributed by atoms with Gasteiger partial charge in [0, 0.05) is 38.7 Å². The molecule has 4 aromatic rings. The van der Waals surface area contributed by atoms with Gasteiger partial charge in [-0.25, -0.2) is 19.9 Å². The standard InChI is InChI=1S/C19H21N9O/c1-29-12-3-6-28(7-4-12)19-21-5-2-13(25-19)16-17-14(8-15(20)26-16)24-18(27-17)11-9-22-23-10-11/h2,5,8-10,12H,3-4,6-7H2,1H3,(H2,20,26)(H,22,23)(H,24,27). The number of nitrogens with one attached hydrogen (secondary N) is 2. The third kappa shape index (κ3) is 3.27. The van der Waals surface area contributed by atoms with Crippen molar-refractivity contribution in [2.75, 3.05) is 30.8 Å². The number of rotatable bonds is 4. The van der Waals surface area contributed by atoms with E-state index in [1.807, 2.05) is 6.07 Å². The van der Waals surface area contributed by atoms with E-state index < -0.39 is 0 Å². The van der Waals surface area contributed by atoms with Crippen LogP contribution in [0.25, 0.3) is 33.8 Å². The van der Waals surface area contributed by atoms with Gasteiger partial charge in [0.1, 0.15) is 17.3 Å². The lowest BCUT2D eigenvalue weighted by atomic mass is 10.1. The molecule has 148 valence electrons. The van der Waals surface area contributed by atoms with E-state index in [-0.39, 0.29) is 0 Å². The molecule has 0 aliphatic carbocycles. The van der Waals surface area contributed by atoms with Crippen LogP contribution in [0.15, 0.2) is 30.7 Å². The predicted molar refractivity (Wildman–Crippen MR) is 109 cm³/mol. The van der Waals surface area contributed by atoms with Gasteiger partial charge in [-0.05, 0) is 18.9 Å². The van der Waals surface area contributed by atoms with Crippen LogP contribution >= 0.6 is 0 Å². The van der Waals surface area contributed by atoms with E-state index >= 15 is 0 Å². The Kier molecular flexibility index (Phi) is 4.32. The minimum absolute atomic E-state index is 0.302. The van der Waals surface area contributed by atoms with Crippen LogP contribution in [0.5, 0.6) is 0 Å². The molecule has 1 aliphatic rings. The average molecular weight is 391 g/mol. The Balaban J connectivity index is 1.54. The van der Waals surface area contributed by atoms with Gasteiger partial charge < -0.3 is 20.4 Å². The van der Waals surface area contributed by atoms with Crippen LogP contribution in [0.2, 0.25) is 0 Å². The summed E-state index contributed by atoms with van der Waals surface area (Å²) in [6.45, 7) is 1.72. The summed E-state index contributed by atoms with van der Waals surface area (Å²) in [5.41, 5.74) is 9.76. The van der Waals surface area contributed by atoms with Gasteiger partial charge in [0.15, 0.2) is 0 Å². The second-order valence-electron chi connectivity index (χ2n) is 7.03. The number of imidazole rings is 1. The van der Waals surface area contributed by atoms with Gasteiger partial charge in [0.2, 0.25) is 5.95 Å². The highest BCUT2D eigenvalue weighted by molar-refractivity contribution is 5.92. The number of ether oxygens (including phenoxy) is 1. The summed E-state index contributed by atoms with van der Waals surface area (Å²) in [5, 5.41) is 6.78. The first-order valence-corrected chi connectivity index (χ1v) is 9.48. The highest BCUT2D eigenvalue weighted by atomic mass is 16.5. The zero-order valence-electron chi connectivity index (χ0n) is 16.0. The molecular weight excluding hydrogens is 370 g/mol. The number of hydrogen-bond acceptors (Lipinski definition) is 8. The monoisotopic (exact) mass is 391 g/mol. The van der Waals surface area contributed by atoms with Crippen molar-refractivity contribution in [1.82, 2.24) is 35.1 Å². The molecule has 5 heterocycles. The maximum absolute atomic E-state index is 6.05. The molecule has 0 spiro atoms. The van der Waals surface area contributed by atoms with E-state index in [1.165, 1.54) is 0 Å². The molecule has 10 nitrogen and oxygen atoms in total. The van der Waals surface area contributed by atoms with Crippen LogP contribution in [0.4, 0.5) is 11.8 Å². The van der Waals surface area contributed by atoms with Crippen LogP contribution in [0.3, 0.4) is 0 Å². The van der Waals surface area contributed by atoms with Crippen LogP contribution < -0.4 is 10.6 Å². The number of piperidine rings is 1. The van der Waals surface area contributed by atoms with Gasteiger partial charge in [0.25, 0.3) is 0 Å². The summed E-state index contributed by atoms with van der Waals surface area (Å²) in [5.74, 6) is 1.76. The molecule has 5 rings (SSSR count). The maximum atomic E-state index is 6.05. The van der Waals surface area contributed by atoms with E-state index in [0.29, 0.717) is 35.1 Å². The van der Waals surface area contributed by atoms with Gasteiger partial charge >= 0.3 is 0 Å². The van der Waals surface area contributed by atoms with Gasteiger partial charge in [-0.15, -0.1) is 0 Å². The normalized spacial score (nSPS) is 15.3. The Morgan fingerprint density at radius 3 is 2.83 bits per heavy atom. The predicted octanol–water partition coefficient (Wildman–Crippen LogP) is 2.00. The van der Waals surface area contributed by atoms with E-state index in [1.54, 1.807) is 31.8 Å². The Morgan fingerprint density at radius 1 is 1.21 bits per heavy atom. The number of methoxy groups -OCH3 is 1.